The molecule has 0 radical (unpaired) electrons. The fourth-order valence-electron chi connectivity index (χ4n) is 5.11. The summed E-state index contributed by atoms with van der Waals surface area (Å²) in [5.74, 6) is 0. The number of rotatable bonds is 22. The SMILES string of the molecule is CCCCCCCCCCCCCCCCCCC[N+]1(CCCc2ccccc2)C=CN=C1. The maximum Gasteiger partial charge on any atom is 0.194 e. The molecule has 0 saturated heterocycles. The number of aliphatic imine (C=N–C) groups is 1. The van der Waals surface area contributed by atoms with Gasteiger partial charge >= 0.3 is 0 Å². The number of quaternary nitrogens is 1. The first-order valence-corrected chi connectivity index (χ1v) is 14.5. The lowest BCUT2D eigenvalue weighted by Crippen LogP contribution is -2.41. The van der Waals surface area contributed by atoms with Crippen molar-refractivity contribution in [1.29, 1.82) is 0 Å². The van der Waals surface area contributed by atoms with Crippen molar-refractivity contribution in [3.05, 3.63) is 48.3 Å². The minimum atomic E-state index is 0.964. The van der Waals surface area contributed by atoms with Gasteiger partial charge in [0.15, 0.2) is 6.34 Å². The Labute approximate surface area is 206 Å². The van der Waals surface area contributed by atoms with Crippen molar-refractivity contribution >= 4 is 6.34 Å². The summed E-state index contributed by atoms with van der Waals surface area (Å²) in [6, 6.07) is 10.9. The third-order valence-corrected chi connectivity index (χ3v) is 7.31. The molecule has 0 spiro atoms. The Morgan fingerprint density at radius 1 is 0.576 bits per heavy atom. The van der Waals surface area contributed by atoms with Gasteiger partial charge in [-0.15, -0.1) is 0 Å². The number of unbranched alkanes of at least 4 members (excludes halogenated alkanes) is 16. The van der Waals surface area contributed by atoms with Crippen molar-refractivity contribution in [2.24, 2.45) is 4.99 Å². The summed E-state index contributed by atoms with van der Waals surface area (Å²) < 4.78 is 0.964. The molecule has 0 fully saturated rings. The molecule has 2 rings (SSSR count). The van der Waals surface area contributed by atoms with E-state index in [1.807, 2.05) is 6.20 Å². The van der Waals surface area contributed by atoms with Gasteiger partial charge in [0.25, 0.3) is 0 Å². The second kappa shape index (κ2) is 19.0. The van der Waals surface area contributed by atoms with Crippen molar-refractivity contribution in [1.82, 2.24) is 0 Å². The van der Waals surface area contributed by atoms with Crippen molar-refractivity contribution in [3.63, 3.8) is 0 Å². The lowest BCUT2D eigenvalue weighted by Gasteiger charge is -2.27. The van der Waals surface area contributed by atoms with E-state index in [0.29, 0.717) is 0 Å². The summed E-state index contributed by atoms with van der Waals surface area (Å²) in [5, 5.41) is 0. The van der Waals surface area contributed by atoms with Crippen molar-refractivity contribution in [2.75, 3.05) is 13.1 Å². The minimum absolute atomic E-state index is 0.964. The number of nitrogens with zero attached hydrogens (tertiary/aromatic N) is 2. The Morgan fingerprint density at radius 3 is 1.55 bits per heavy atom. The Bertz CT molecular complexity index is 607. The highest BCUT2D eigenvalue weighted by Gasteiger charge is 2.24. The number of aryl methyl sites for hydroxylation is 1. The molecule has 1 aliphatic heterocycles. The van der Waals surface area contributed by atoms with Gasteiger partial charge in [-0.25, -0.2) is 4.99 Å². The molecule has 1 aromatic carbocycles. The van der Waals surface area contributed by atoms with Crippen LogP contribution in [0.1, 0.15) is 128 Å². The van der Waals surface area contributed by atoms with Crippen LogP contribution in [0.15, 0.2) is 47.7 Å². The van der Waals surface area contributed by atoms with Crippen LogP contribution in [0.25, 0.3) is 0 Å². The second-order valence-corrected chi connectivity index (χ2v) is 10.4. The summed E-state index contributed by atoms with van der Waals surface area (Å²) in [7, 11) is 0. The van der Waals surface area contributed by atoms with Crippen LogP contribution in [0, 0.1) is 0 Å². The largest absolute Gasteiger partial charge is 0.254 e. The molecule has 2 heteroatoms. The fourth-order valence-corrected chi connectivity index (χ4v) is 5.11. The number of benzene rings is 1. The van der Waals surface area contributed by atoms with Gasteiger partial charge in [0.2, 0.25) is 0 Å². The van der Waals surface area contributed by atoms with E-state index in [1.54, 1.807) is 0 Å². The first kappa shape index (κ1) is 27.8. The predicted octanol–water partition coefficient (Wildman–Crippen LogP) is 9.60. The van der Waals surface area contributed by atoms with Crippen LogP contribution >= 0.6 is 0 Å². The molecule has 0 N–H and O–H groups in total. The van der Waals surface area contributed by atoms with E-state index in [0.717, 1.165) is 4.48 Å². The van der Waals surface area contributed by atoms with Gasteiger partial charge in [0.05, 0.1) is 19.3 Å². The molecule has 33 heavy (non-hydrogen) atoms. The van der Waals surface area contributed by atoms with Gasteiger partial charge in [0, 0.05) is 6.42 Å². The van der Waals surface area contributed by atoms with Gasteiger partial charge < -0.3 is 0 Å². The molecule has 1 aromatic rings. The predicted molar refractivity (Wildman–Crippen MR) is 147 cm³/mol. The van der Waals surface area contributed by atoms with E-state index >= 15 is 0 Å². The van der Waals surface area contributed by atoms with Gasteiger partial charge in [0.1, 0.15) is 6.20 Å². The average Bonchev–Trinajstić information content (AvgIpc) is 3.30. The molecule has 186 valence electrons. The summed E-state index contributed by atoms with van der Waals surface area (Å²) in [6.07, 6.45) is 33.3. The molecule has 1 atom stereocenters. The summed E-state index contributed by atoms with van der Waals surface area (Å²) in [4.78, 5) is 4.42. The van der Waals surface area contributed by atoms with Crippen molar-refractivity contribution < 1.29 is 4.48 Å². The highest BCUT2D eigenvalue weighted by molar-refractivity contribution is 5.50. The number of hydrogen-bond donors (Lipinski definition) is 0. The summed E-state index contributed by atoms with van der Waals surface area (Å²) >= 11 is 0. The first-order chi connectivity index (χ1) is 16.3. The van der Waals surface area contributed by atoms with Crippen LogP contribution in [0.2, 0.25) is 0 Å². The highest BCUT2D eigenvalue weighted by Crippen LogP contribution is 2.18. The maximum absolute atomic E-state index is 4.42. The molecule has 1 unspecified atom stereocenters. The zero-order chi connectivity index (χ0) is 23.3. The molecule has 2 nitrogen and oxygen atoms in total. The zero-order valence-electron chi connectivity index (χ0n) is 21.9. The Kier molecular flexibility index (Phi) is 16.0. The van der Waals surface area contributed by atoms with E-state index in [2.05, 4.69) is 54.8 Å². The Morgan fingerprint density at radius 2 is 1.06 bits per heavy atom. The summed E-state index contributed by atoms with van der Waals surface area (Å²) in [6.45, 7) is 4.69. The summed E-state index contributed by atoms with van der Waals surface area (Å²) in [5.41, 5.74) is 1.45. The Balaban J connectivity index is 1.37. The van der Waals surface area contributed by atoms with Crippen LogP contribution in [0.5, 0.6) is 0 Å². The lowest BCUT2D eigenvalue weighted by atomic mass is 10.0. The molecule has 0 saturated carbocycles. The molecule has 0 aromatic heterocycles. The van der Waals surface area contributed by atoms with E-state index in [9.17, 15) is 0 Å². The lowest BCUT2D eigenvalue weighted by molar-refractivity contribution is -0.780. The minimum Gasteiger partial charge on any atom is -0.254 e. The molecule has 1 heterocycles. The third kappa shape index (κ3) is 13.8. The molecular weight excluding hydrogens is 400 g/mol. The highest BCUT2D eigenvalue weighted by atomic mass is 15.4. The van der Waals surface area contributed by atoms with Gasteiger partial charge in [-0.1, -0.05) is 134 Å². The zero-order valence-corrected chi connectivity index (χ0v) is 21.9. The van der Waals surface area contributed by atoms with E-state index in [1.165, 1.54) is 141 Å². The van der Waals surface area contributed by atoms with E-state index in [4.69, 9.17) is 0 Å². The maximum atomic E-state index is 4.42. The Hall–Kier alpha value is -1.41. The van der Waals surface area contributed by atoms with Crippen molar-refractivity contribution in [2.45, 2.75) is 129 Å². The quantitative estimate of drug-likeness (QED) is 0.122. The fraction of sp³-hybridized carbons (Fsp3) is 0.710. The van der Waals surface area contributed by atoms with Gasteiger partial charge in [-0.3, -0.25) is 4.48 Å². The van der Waals surface area contributed by atoms with Crippen LogP contribution in [-0.4, -0.2) is 23.9 Å². The monoisotopic (exact) mass is 453 g/mol. The van der Waals surface area contributed by atoms with Crippen LogP contribution in [0.4, 0.5) is 0 Å². The number of hydrogen-bond acceptors (Lipinski definition) is 1. The molecule has 1 aliphatic rings. The molecule has 0 amide bonds. The van der Waals surface area contributed by atoms with Crippen LogP contribution in [-0.2, 0) is 6.42 Å². The molecular formula is C31H53N2+. The standard InChI is InChI=1S/C31H53N2/c1-2-3-4-5-6-7-8-9-10-11-12-13-14-15-16-17-21-27-33(29-26-32-30-33)28-22-25-31-23-19-18-20-24-31/h18-20,23-24,26,29-30H,2-17,21-22,25,27-28H2,1H3/q+1. The second-order valence-electron chi connectivity index (χ2n) is 10.4. The average molecular weight is 454 g/mol. The first-order valence-electron chi connectivity index (χ1n) is 14.5. The van der Waals surface area contributed by atoms with Crippen molar-refractivity contribution in [3.8, 4) is 0 Å². The molecule has 0 aliphatic carbocycles. The van der Waals surface area contributed by atoms with Crippen LogP contribution in [0.3, 0.4) is 0 Å². The van der Waals surface area contributed by atoms with Gasteiger partial charge in [-0.2, -0.15) is 0 Å². The third-order valence-electron chi connectivity index (χ3n) is 7.31. The van der Waals surface area contributed by atoms with E-state index < -0.39 is 0 Å². The normalized spacial score (nSPS) is 17.2. The van der Waals surface area contributed by atoms with E-state index in [-0.39, 0.29) is 0 Å². The molecule has 0 bridgehead atoms. The van der Waals surface area contributed by atoms with Crippen LogP contribution < -0.4 is 0 Å². The topological polar surface area (TPSA) is 12.4 Å². The van der Waals surface area contributed by atoms with Gasteiger partial charge in [-0.05, 0) is 24.8 Å². The smallest absolute Gasteiger partial charge is 0.194 e.